The van der Waals surface area contributed by atoms with Gasteiger partial charge in [0, 0.05) is 24.4 Å². The smallest absolute Gasteiger partial charge is 0.193 e. The third-order valence-electron chi connectivity index (χ3n) is 3.22. The Bertz CT molecular complexity index is 704. The fraction of sp³-hybridized carbons (Fsp3) is 0.250. The van der Waals surface area contributed by atoms with Crippen LogP contribution in [0.2, 0.25) is 5.02 Å². The van der Waals surface area contributed by atoms with Crippen molar-refractivity contribution in [2.24, 2.45) is 10.7 Å². The van der Waals surface area contributed by atoms with Gasteiger partial charge in [-0.1, -0.05) is 11.6 Å². The van der Waals surface area contributed by atoms with Gasteiger partial charge < -0.3 is 20.5 Å². The van der Waals surface area contributed by atoms with E-state index in [-0.39, 0.29) is 0 Å². The number of guanidine groups is 1. The second-order valence-corrected chi connectivity index (χ2v) is 5.44. The molecule has 0 amide bonds. The Morgan fingerprint density at radius 2 is 2.04 bits per heavy atom. The van der Waals surface area contributed by atoms with E-state index in [1.807, 2.05) is 24.3 Å². The molecular formula is C16H17ClN4O2. The maximum Gasteiger partial charge on any atom is 0.193 e. The van der Waals surface area contributed by atoms with Gasteiger partial charge in [-0.2, -0.15) is 0 Å². The van der Waals surface area contributed by atoms with Crippen LogP contribution in [0.15, 0.2) is 41.5 Å². The molecule has 0 bridgehead atoms. The van der Waals surface area contributed by atoms with Crippen LogP contribution in [-0.4, -0.2) is 24.2 Å². The topological polar surface area (TPSA) is 81.8 Å². The van der Waals surface area contributed by atoms with Crippen molar-refractivity contribution in [1.82, 2.24) is 4.98 Å². The highest BCUT2D eigenvalue weighted by molar-refractivity contribution is 6.30. The van der Waals surface area contributed by atoms with Gasteiger partial charge in [0.2, 0.25) is 0 Å². The van der Waals surface area contributed by atoms with Crippen molar-refractivity contribution in [2.75, 3.05) is 18.5 Å². The van der Waals surface area contributed by atoms with Crippen LogP contribution in [0, 0.1) is 0 Å². The van der Waals surface area contributed by atoms with E-state index in [1.54, 1.807) is 12.3 Å². The van der Waals surface area contributed by atoms with Crippen molar-refractivity contribution >= 4 is 23.2 Å². The first-order chi connectivity index (χ1) is 11.2. The molecule has 2 aromatic rings. The van der Waals surface area contributed by atoms with Crippen molar-refractivity contribution in [3.05, 3.63) is 47.2 Å². The molecule has 0 aliphatic carbocycles. The van der Waals surface area contributed by atoms with Crippen LogP contribution >= 0.6 is 11.6 Å². The monoisotopic (exact) mass is 332 g/mol. The molecule has 1 aromatic heterocycles. The fourth-order valence-electron chi connectivity index (χ4n) is 2.09. The second kappa shape index (κ2) is 7.19. The lowest BCUT2D eigenvalue weighted by Gasteiger charge is -2.10. The third kappa shape index (κ3) is 4.26. The summed E-state index contributed by atoms with van der Waals surface area (Å²) in [6.07, 6.45) is 2.45. The molecule has 1 aliphatic rings. The molecule has 0 radical (unpaired) electrons. The van der Waals surface area contributed by atoms with E-state index >= 15 is 0 Å². The largest absolute Gasteiger partial charge is 0.490 e. The number of nitrogens with two attached hydrogens (primary N) is 1. The number of anilines is 1. The third-order valence-corrected chi connectivity index (χ3v) is 3.44. The first kappa shape index (κ1) is 15.4. The van der Waals surface area contributed by atoms with Crippen molar-refractivity contribution in [1.29, 1.82) is 0 Å². The van der Waals surface area contributed by atoms with Crippen LogP contribution in [0.4, 0.5) is 5.69 Å². The maximum atomic E-state index is 5.90. The lowest BCUT2D eigenvalue weighted by Crippen LogP contribution is -2.22. The van der Waals surface area contributed by atoms with E-state index in [0.717, 1.165) is 23.6 Å². The Morgan fingerprint density at radius 3 is 2.83 bits per heavy atom. The van der Waals surface area contributed by atoms with Crippen LogP contribution in [-0.2, 0) is 6.54 Å². The molecule has 1 aliphatic heterocycles. The standard InChI is InChI=1S/C16H17ClN4O2/c17-11-2-3-13(19-9-11)10-20-16(18)21-12-4-5-14-15(8-12)23-7-1-6-22-14/h2-5,8-9H,1,6-7,10H2,(H3,18,20,21). The van der Waals surface area contributed by atoms with Gasteiger partial charge in [-0.3, -0.25) is 4.98 Å². The predicted molar refractivity (Wildman–Crippen MR) is 90.2 cm³/mol. The number of aliphatic imine (C=N–C) groups is 1. The molecule has 0 unspecified atom stereocenters. The highest BCUT2D eigenvalue weighted by atomic mass is 35.5. The molecular weight excluding hydrogens is 316 g/mol. The maximum absolute atomic E-state index is 5.90. The van der Waals surface area contributed by atoms with E-state index in [0.29, 0.717) is 36.5 Å². The molecule has 1 aromatic carbocycles. The molecule has 0 fully saturated rings. The van der Waals surface area contributed by atoms with Gasteiger partial charge in [0.15, 0.2) is 17.5 Å². The molecule has 3 N–H and O–H groups in total. The summed E-state index contributed by atoms with van der Waals surface area (Å²) in [6.45, 7) is 1.68. The normalized spacial score (nSPS) is 14.2. The number of rotatable bonds is 3. The minimum atomic E-state index is 0.302. The van der Waals surface area contributed by atoms with Crippen molar-refractivity contribution in [3.63, 3.8) is 0 Å². The van der Waals surface area contributed by atoms with Gasteiger partial charge in [0.1, 0.15) is 0 Å². The lowest BCUT2D eigenvalue weighted by molar-refractivity contribution is 0.297. The van der Waals surface area contributed by atoms with Crippen LogP contribution < -0.4 is 20.5 Å². The summed E-state index contributed by atoms with van der Waals surface area (Å²) in [5, 5.41) is 3.63. The Hall–Kier alpha value is -2.47. The molecule has 3 rings (SSSR count). The quantitative estimate of drug-likeness (QED) is 0.667. The first-order valence-electron chi connectivity index (χ1n) is 7.28. The fourth-order valence-corrected chi connectivity index (χ4v) is 2.21. The SMILES string of the molecule is NC(=NCc1ccc(Cl)cn1)Nc1ccc2c(c1)OCCCO2. The summed E-state index contributed by atoms with van der Waals surface area (Å²) >= 11 is 5.79. The zero-order chi connectivity index (χ0) is 16.1. The molecule has 0 atom stereocenters. The summed E-state index contributed by atoms with van der Waals surface area (Å²) < 4.78 is 11.2. The molecule has 2 heterocycles. The molecule has 6 nitrogen and oxygen atoms in total. The number of hydrogen-bond acceptors (Lipinski definition) is 4. The number of pyridine rings is 1. The second-order valence-electron chi connectivity index (χ2n) is 5.01. The molecule has 0 spiro atoms. The number of benzene rings is 1. The van der Waals surface area contributed by atoms with E-state index in [4.69, 9.17) is 26.8 Å². The van der Waals surface area contributed by atoms with Gasteiger partial charge in [0.05, 0.1) is 30.5 Å². The van der Waals surface area contributed by atoms with Crippen molar-refractivity contribution in [3.8, 4) is 11.5 Å². The average molecular weight is 333 g/mol. The predicted octanol–water partition coefficient (Wildman–Crippen LogP) is 2.82. The van der Waals surface area contributed by atoms with Crippen molar-refractivity contribution < 1.29 is 9.47 Å². The number of fused-ring (bicyclic) bond motifs is 1. The Balaban J connectivity index is 1.65. The Morgan fingerprint density at radius 1 is 1.22 bits per heavy atom. The molecule has 0 saturated carbocycles. The number of hydrogen-bond donors (Lipinski definition) is 2. The molecule has 7 heteroatoms. The molecule has 120 valence electrons. The summed E-state index contributed by atoms with van der Waals surface area (Å²) in [5.74, 6) is 1.75. The van der Waals surface area contributed by atoms with Crippen LogP contribution in [0.5, 0.6) is 11.5 Å². The number of nitrogens with one attached hydrogen (secondary N) is 1. The highest BCUT2D eigenvalue weighted by Crippen LogP contribution is 2.32. The zero-order valence-electron chi connectivity index (χ0n) is 12.5. The van der Waals surface area contributed by atoms with Crippen LogP contribution in [0.1, 0.15) is 12.1 Å². The van der Waals surface area contributed by atoms with Gasteiger partial charge in [-0.05, 0) is 24.3 Å². The van der Waals surface area contributed by atoms with Crippen LogP contribution in [0.3, 0.4) is 0 Å². The summed E-state index contributed by atoms with van der Waals surface area (Å²) in [6, 6.07) is 9.16. The Kier molecular flexibility index (Phi) is 4.83. The van der Waals surface area contributed by atoms with Gasteiger partial charge in [0.25, 0.3) is 0 Å². The first-order valence-corrected chi connectivity index (χ1v) is 7.65. The molecule has 0 saturated heterocycles. The number of aromatic nitrogens is 1. The minimum Gasteiger partial charge on any atom is -0.490 e. The lowest BCUT2D eigenvalue weighted by atomic mass is 10.3. The van der Waals surface area contributed by atoms with Gasteiger partial charge in [-0.25, -0.2) is 4.99 Å². The number of halogens is 1. The Labute approximate surface area is 139 Å². The van der Waals surface area contributed by atoms with E-state index in [1.165, 1.54) is 0 Å². The van der Waals surface area contributed by atoms with Crippen molar-refractivity contribution in [2.45, 2.75) is 13.0 Å². The number of nitrogens with zero attached hydrogens (tertiary/aromatic N) is 2. The van der Waals surface area contributed by atoms with Gasteiger partial charge >= 0.3 is 0 Å². The van der Waals surface area contributed by atoms with Gasteiger partial charge in [-0.15, -0.1) is 0 Å². The molecule has 23 heavy (non-hydrogen) atoms. The minimum absolute atomic E-state index is 0.302. The zero-order valence-corrected chi connectivity index (χ0v) is 13.2. The summed E-state index contributed by atoms with van der Waals surface area (Å²) in [7, 11) is 0. The summed E-state index contributed by atoms with van der Waals surface area (Å²) in [4.78, 5) is 8.42. The number of ether oxygens (including phenoxy) is 2. The van der Waals surface area contributed by atoms with Crippen LogP contribution in [0.25, 0.3) is 0 Å². The van der Waals surface area contributed by atoms with E-state index < -0.39 is 0 Å². The van der Waals surface area contributed by atoms with E-state index in [2.05, 4.69) is 15.3 Å². The van der Waals surface area contributed by atoms with E-state index in [9.17, 15) is 0 Å². The highest BCUT2D eigenvalue weighted by Gasteiger charge is 2.10. The summed E-state index contributed by atoms with van der Waals surface area (Å²) in [5.41, 5.74) is 7.48. The average Bonchev–Trinajstić information content (AvgIpc) is 2.79.